The molecule has 1 aliphatic rings. The van der Waals surface area contributed by atoms with Gasteiger partial charge in [-0.15, -0.1) is 0 Å². The molecule has 1 amide bonds. The molecular formula is C22H29N3O. The monoisotopic (exact) mass is 351 g/mol. The maximum atomic E-state index is 12.4. The Labute approximate surface area is 156 Å². The highest BCUT2D eigenvalue weighted by molar-refractivity contribution is 5.81. The Kier molecular flexibility index (Phi) is 6.81. The van der Waals surface area contributed by atoms with Gasteiger partial charge in [-0.3, -0.25) is 9.69 Å². The summed E-state index contributed by atoms with van der Waals surface area (Å²) >= 11 is 0. The first-order chi connectivity index (χ1) is 12.7. The number of piperidine rings is 1. The Morgan fingerprint density at radius 3 is 2.38 bits per heavy atom. The standard InChI is InChI=1S/C22H29N3O/c23-21(15-18-9-3-1-4-10-18)22(26)24-16-20-13-7-8-14-25(20)17-19-11-5-2-6-12-19/h1-6,9-12,20-21H,7-8,13-17,23H2,(H,24,26). The molecule has 1 fully saturated rings. The predicted octanol–water partition coefficient (Wildman–Crippen LogP) is 2.73. The Hall–Kier alpha value is -2.17. The van der Waals surface area contributed by atoms with Crippen LogP contribution in [0, 0.1) is 0 Å². The molecule has 0 radical (unpaired) electrons. The molecule has 1 aliphatic heterocycles. The second kappa shape index (κ2) is 9.51. The highest BCUT2D eigenvalue weighted by atomic mass is 16.2. The van der Waals surface area contributed by atoms with Crippen molar-refractivity contribution >= 4 is 5.91 Å². The molecule has 0 saturated carbocycles. The third-order valence-electron chi connectivity index (χ3n) is 5.12. The highest BCUT2D eigenvalue weighted by Gasteiger charge is 2.24. The van der Waals surface area contributed by atoms with Crippen LogP contribution in [0.25, 0.3) is 0 Å². The second-order valence-electron chi connectivity index (χ2n) is 7.15. The molecule has 0 aliphatic carbocycles. The van der Waals surface area contributed by atoms with Gasteiger partial charge in [0.1, 0.15) is 0 Å². The molecule has 1 saturated heterocycles. The number of hydrogen-bond donors (Lipinski definition) is 2. The number of benzene rings is 2. The topological polar surface area (TPSA) is 58.4 Å². The number of carbonyl (C=O) groups excluding carboxylic acids is 1. The largest absolute Gasteiger partial charge is 0.353 e. The molecule has 2 unspecified atom stereocenters. The van der Waals surface area contributed by atoms with Crippen LogP contribution in [-0.4, -0.2) is 36.0 Å². The van der Waals surface area contributed by atoms with Crippen molar-refractivity contribution in [2.45, 2.75) is 44.3 Å². The fourth-order valence-corrected chi connectivity index (χ4v) is 3.63. The van der Waals surface area contributed by atoms with Gasteiger partial charge in [0.25, 0.3) is 0 Å². The van der Waals surface area contributed by atoms with E-state index >= 15 is 0 Å². The summed E-state index contributed by atoms with van der Waals surface area (Å²) in [5.74, 6) is -0.0564. The molecule has 2 aromatic rings. The number of nitrogens with two attached hydrogens (primary N) is 1. The molecule has 3 N–H and O–H groups in total. The van der Waals surface area contributed by atoms with E-state index in [0.717, 1.165) is 25.1 Å². The summed E-state index contributed by atoms with van der Waals surface area (Å²) in [5.41, 5.74) is 8.52. The summed E-state index contributed by atoms with van der Waals surface area (Å²) < 4.78 is 0. The van der Waals surface area contributed by atoms with Crippen molar-refractivity contribution in [2.75, 3.05) is 13.1 Å². The highest BCUT2D eigenvalue weighted by Crippen LogP contribution is 2.19. The number of rotatable bonds is 7. The van der Waals surface area contributed by atoms with Crippen LogP contribution in [0.4, 0.5) is 0 Å². The van der Waals surface area contributed by atoms with Crippen molar-refractivity contribution in [3.05, 3.63) is 71.8 Å². The zero-order chi connectivity index (χ0) is 18.2. The molecule has 0 spiro atoms. The van der Waals surface area contributed by atoms with Crippen molar-refractivity contribution in [3.8, 4) is 0 Å². The van der Waals surface area contributed by atoms with Crippen LogP contribution < -0.4 is 11.1 Å². The number of hydrogen-bond acceptors (Lipinski definition) is 3. The zero-order valence-corrected chi connectivity index (χ0v) is 15.3. The Balaban J connectivity index is 1.50. The first-order valence-corrected chi connectivity index (χ1v) is 9.57. The van der Waals surface area contributed by atoms with Crippen molar-refractivity contribution in [1.29, 1.82) is 0 Å². The van der Waals surface area contributed by atoms with E-state index in [1.165, 1.54) is 18.4 Å². The van der Waals surface area contributed by atoms with Crippen molar-refractivity contribution in [2.24, 2.45) is 5.73 Å². The van der Waals surface area contributed by atoms with E-state index in [4.69, 9.17) is 5.73 Å². The van der Waals surface area contributed by atoms with E-state index in [1.54, 1.807) is 0 Å². The van der Waals surface area contributed by atoms with E-state index in [2.05, 4.69) is 34.5 Å². The Morgan fingerprint density at radius 2 is 1.69 bits per heavy atom. The van der Waals surface area contributed by atoms with Crippen LogP contribution in [0.3, 0.4) is 0 Å². The second-order valence-corrected chi connectivity index (χ2v) is 7.15. The lowest BCUT2D eigenvalue weighted by molar-refractivity contribution is -0.122. The SMILES string of the molecule is NC(Cc1ccccc1)C(=O)NCC1CCCCN1Cc1ccccc1. The lowest BCUT2D eigenvalue weighted by Gasteiger charge is -2.36. The Bertz CT molecular complexity index is 674. The van der Waals surface area contributed by atoms with Crippen molar-refractivity contribution in [1.82, 2.24) is 10.2 Å². The molecule has 3 rings (SSSR count). The van der Waals surface area contributed by atoms with Gasteiger partial charge in [0.2, 0.25) is 5.91 Å². The van der Waals surface area contributed by atoms with Crippen LogP contribution in [0.5, 0.6) is 0 Å². The summed E-state index contributed by atoms with van der Waals surface area (Å²) in [6, 6.07) is 20.4. The lowest BCUT2D eigenvalue weighted by atomic mass is 10.0. The lowest BCUT2D eigenvalue weighted by Crippen LogP contribution is -2.50. The van der Waals surface area contributed by atoms with Crippen LogP contribution in [0.15, 0.2) is 60.7 Å². The predicted molar refractivity (Wildman–Crippen MR) is 106 cm³/mol. The number of nitrogens with one attached hydrogen (secondary N) is 1. The third-order valence-corrected chi connectivity index (χ3v) is 5.12. The molecule has 138 valence electrons. The average Bonchev–Trinajstić information content (AvgIpc) is 2.68. The summed E-state index contributed by atoms with van der Waals surface area (Å²) in [7, 11) is 0. The van der Waals surface area contributed by atoms with Gasteiger partial charge in [-0.05, 0) is 36.9 Å². The van der Waals surface area contributed by atoms with Crippen LogP contribution in [0.2, 0.25) is 0 Å². The summed E-state index contributed by atoms with van der Waals surface area (Å²) in [4.78, 5) is 14.9. The minimum Gasteiger partial charge on any atom is -0.353 e. The van der Waals surface area contributed by atoms with Crippen LogP contribution >= 0.6 is 0 Å². The summed E-state index contributed by atoms with van der Waals surface area (Å²) in [5, 5.41) is 3.08. The molecule has 4 nitrogen and oxygen atoms in total. The fraction of sp³-hybridized carbons (Fsp3) is 0.409. The minimum atomic E-state index is -0.497. The van der Waals surface area contributed by atoms with Gasteiger partial charge in [0.05, 0.1) is 6.04 Å². The molecule has 1 heterocycles. The molecule has 2 aromatic carbocycles. The molecule has 2 atom stereocenters. The molecule has 0 bridgehead atoms. The third kappa shape index (κ3) is 5.41. The number of amides is 1. The summed E-state index contributed by atoms with van der Waals surface area (Å²) in [6.45, 7) is 2.71. The van der Waals surface area contributed by atoms with Crippen LogP contribution in [-0.2, 0) is 17.8 Å². The van der Waals surface area contributed by atoms with Crippen molar-refractivity contribution in [3.63, 3.8) is 0 Å². The maximum absolute atomic E-state index is 12.4. The maximum Gasteiger partial charge on any atom is 0.237 e. The Morgan fingerprint density at radius 1 is 1.04 bits per heavy atom. The van der Waals surface area contributed by atoms with Crippen molar-refractivity contribution < 1.29 is 4.79 Å². The van der Waals surface area contributed by atoms with E-state index in [-0.39, 0.29) is 5.91 Å². The average molecular weight is 351 g/mol. The van der Waals surface area contributed by atoms with Gasteiger partial charge in [-0.2, -0.15) is 0 Å². The molecular weight excluding hydrogens is 322 g/mol. The number of carbonyl (C=O) groups is 1. The molecule has 0 aromatic heterocycles. The minimum absolute atomic E-state index is 0.0564. The van der Waals surface area contributed by atoms with Gasteiger partial charge in [-0.25, -0.2) is 0 Å². The van der Waals surface area contributed by atoms with E-state index < -0.39 is 6.04 Å². The van der Waals surface area contributed by atoms with Gasteiger partial charge in [-0.1, -0.05) is 67.1 Å². The quantitative estimate of drug-likeness (QED) is 0.806. The first-order valence-electron chi connectivity index (χ1n) is 9.57. The van der Waals surface area contributed by atoms with Gasteiger partial charge in [0.15, 0.2) is 0 Å². The van der Waals surface area contributed by atoms with Gasteiger partial charge in [0, 0.05) is 19.1 Å². The molecule has 4 heteroatoms. The number of likely N-dealkylation sites (tertiary alicyclic amines) is 1. The van der Waals surface area contributed by atoms with E-state index in [1.807, 2.05) is 36.4 Å². The van der Waals surface area contributed by atoms with E-state index in [9.17, 15) is 4.79 Å². The smallest absolute Gasteiger partial charge is 0.237 e. The van der Waals surface area contributed by atoms with E-state index in [0.29, 0.717) is 19.0 Å². The fourth-order valence-electron chi connectivity index (χ4n) is 3.63. The van der Waals surface area contributed by atoms with Gasteiger partial charge >= 0.3 is 0 Å². The normalized spacial score (nSPS) is 19.0. The van der Waals surface area contributed by atoms with Gasteiger partial charge < -0.3 is 11.1 Å². The first kappa shape index (κ1) is 18.6. The summed E-state index contributed by atoms with van der Waals surface area (Å²) in [6.07, 6.45) is 4.15. The zero-order valence-electron chi connectivity index (χ0n) is 15.3. The molecule has 26 heavy (non-hydrogen) atoms. The number of nitrogens with zero attached hydrogens (tertiary/aromatic N) is 1. The van der Waals surface area contributed by atoms with Crippen LogP contribution in [0.1, 0.15) is 30.4 Å².